The van der Waals surface area contributed by atoms with Gasteiger partial charge in [0.05, 0.1) is 11.0 Å². The van der Waals surface area contributed by atoms with Crippen molar-refractivity contribution in [1.82, 2.24) is 9.88 Å². The number of carbonyl (C=O) groups is 1. The van der Waals surface area contributed by atoms with E-state index in [1.165, 1.54) is 0 Å². The Morgan fingerprint density at radius 3 is 2.44 bits per heavy atom. The fourth-order valence-electron chi connectivity index (χ4n) is 1.64. The van der Waals surface area contributed by atoms with Crippen LogP contribution in [0, 0.1) is 0 Å². The first-order valence-electron chi connectivity index (χ1n) is 5.79. The van der Waals surface area contributed by atoms with Crippen molar-refractivity contribution in [3.63, 3.8) is 0 Å². The number of amides is 1. The van der Waals surface area contributed by atoms with Gasteiger partial charge in [0.15, 0.2) is 0 Å². The van der Waals surface area contributed by atoms with Crippen molar-refractivity contribution in [2.75, 3.05) is 31.6 Å². The number of rotatable bonds is 5. The molecule has 1 amide bonds. The van der Waals surface area contributed by atoms with Crippen molar-refractivity contribution < 1.29 is 4.79 Å². The van der Waals surface area contributed by atoms with Crippen LogP contribution in [0.2, 0.25) is 0 Å². The Bertz CT molecular complexity index is 422. The molecular weight excluding hydrogens is 362 g/mol. The third-order valence-electron chi connectivity index (χ3n) is 2.64. The molecule has 0 fully saturated rings. The number of aromatic nitrogens is 1. The molecule has 0 spiro atoms. The molecule has 18 heavy (non-hydrogen) atoms. The summed E-state index contributed by atoms with van der Waals surface area (Å²) in [6.45, 7) is 5.76. The minimum atomic E-state index is 0.110. The van der Waals surface area contributed by atoms with Crippen LogP contribution in [0.3, 0.4) is 0 Å². The first-order valence-corrected chi connectivity index (χ1v) is 7.38. The fraction of sp³-hybridized carbons (Fsp3) is 0.500. The molecule has 100 valence electrons. The molecule has 6 heteroatoms. The molecule has 4 nitrogen and oxygen atoms in total. The van der Waals surface area contributed by atoms with Crippen molar-refractivity contribution in [2.24, 2.45) is 0 Å². The first-order chi connectivity index (χ1) is 8.49. The summed E-state index contributed by atoms with van der Waals surface area (Å²) in [5, 5.41) is 0. The van der Waals surface area contributed by atoms with Crippen molar-refractivity contribution in [3.05, 3.63) is 21.2 Å². The summed E-state index contributed by atoms with van der Waals surface area (Å²) in [5.74, 6) is 0.873. The summed E-state index contributed by atoms with van der Waals surface area (Å²) >= 11 is 6.81. The minimum Gasteiger partial charge on any atom is -0.349 e. The highest BCUT2D eigenvalue weighted by Gasteiger charge is 2.15. The molecule has 0 atom stereocenters. The Labute approximate surface area is 125 Å². The molecule has 1 aromatic rings. The van der Waals surface area contributed by atoms with Gasteiger partial charge in [0.25, 0.3) is 0 Å². The molecule has 1 heterocycles. The quantitative estimate of drug-likeness (QED) is 0.790. The number of likely N-dealkylation sites (N-methyl/N-ethyl adjacent to an activating group) is 2. The molecule has 0 aliphatic heterocycles. The van der Waals surface area contributed by atoms with Crippen molar-refractivity contribution in [3.8, 4) is 0 Å². The molecular formula is C12H17Br2N3O. The number of carbonyl (C=O) groups excluding carboxylic acids is 1. The molecule has 0 bridgehead atoms. The van der Waals surface area contributed by atoms with Gasteiger partial charge in [-0.25, -0.2) is 4.98 Å². The number of nitrogens with zero attached hydrogens (tertiary/aromatic N) is 3. The average Bonchev–Trinajstić information content (AvgIpc) is 2.30. The molecule has 1 rings (SSSR count). The molecule has 0 N–H and O–H groups in total. The number of hydrogen-bond acceptors (Lipinski definition) is 3. The van der Waals surface area contributed by atoms with E-state index >= 15 is 0 Å². The van der Waals surface area contributed by atoms with E-state index < -0.39 is 0 Å². The zero-order valence-electron chi connectivity index (χ0n) is 10.8. The Morgan fingerprint density at radius 1 is 1.33 bits per heavy atom. The zero-order valence-corrected chi connectivity index (χ0v) is 14.0. The highest BCUT2D eigenvalue weighted by molar-refractivity contribution is 9.11. The molecule has 0 aliphatic carbocycles. The van der Waals surface area contributed by atoms with Crippen molar-refractivity contribution in [2.45, 2.75) is 13.8 Å². The van der Waals surface area contributed by atoms with Gasteiger partial charge in [-0.3, -0.25) is 4.79 Å². The van der Waals surface area contributed by atoms with Crippen molar-refractivity contribution in [1.29, 1.82) is 0 Å². The molecule has 1 aromatic heterocycles. The minimum absolute atomic E-state index is 0.110. The summed E-state index contributed by atoms with van der Waals surface area (Å²) in [5.41, 5.74) is 0. The lowest BCUT2D eigenvalue weighted by Crippen LogP contribution is -2.39. The fourth-order valence-corrected chi connectivity index (χ4v) is 2.93. The molecule has 0 aliphatic rings. The van der Waals surface area contributed by atoms with Gasteiger partial charge in [0.2, 0.25) is 5.91 Å². The van der Waals surface area contributed by atoms with Gasteiger partial charge >= 0.3 is 0 Å². The average molecular weight is 379 g/mol. The monoisotopic (exact) mass is 377 g/mol. The Hall–Kier alpha value is -0.620. The van der Waals surface area contributed by atoms with Crippen molar-refractivity contribution >= 4 is 43.6 Å². The topological polar surface area (TPSA) is 36.4 Å². The largest absolute Gasteiger partial charge is 0.349 e. The van der Waals surface area contributed by atoms with Crippen LogP contribution in [0.25, 0.3) is 0 Å². The predicted molar refractivity (Wildman–Crippen MR) is 80.8 cm³/mol. The van der Waals surface area contributed by atoms with E-state index in [4.69, 9.17) is 0 Å². The van der Waals surface area contributed by atoms with Crippen LogP contribution in [0.15, 0.2) is 21.2 Å². The summed E-state index contributed by atoms with van der Waals surface area (Å²) in [7, 11) is 1.86. The number of hydrogen-bond donors (Lipinski definition) is 0. The van der Waals surface area contributed by atoms with E-state index in [1.807, 2.05) is 36.8 Å². The van der Waals surface area contributed by atoms with E-state index in [-0.39, 0.29) is 5.91 Å². The second-order valence-corrected chi connectivity index (χ2v) is 5.65. The maximum absolute atomic E-state index is 12.0. The summed E-state index contributed by atoms with van der Waals surface area (Å²) < 4.78 is 1.77. The van der Waals surface area contributed by atoms with E-state index in [0.717, 1.165) is 27.9 Å². The summed E-state index contributed by atoms with van der Waals surface area (Å²) in [6, 6.07) is 1.92. The lowest BCUT2D eigenvalue weighted by molar-refractivity contribution is -0.129. The SMILES string of the molecule is CCN(CC)C(=O)CN(C)c1ncc(Br)cc1Br. The lowest BCUT2D eigenvalue weighted by atomic mass is 10.4. The Morgan fingerprint density at radius 2 is 1.94 bits per heavy atom. The van der Waals surface area contributed by atoms with Gasteiger partial charge in [0, 0.05) is 30.8 Å². The first kappa shape index (κ1) is 15.4. The van der Waals surface area contributed by atoms with Gasteiger partial charge in [-0.15, -0.1) is 0 Å². The summed E-state index contributed by atoms with van der Waals surface area (Å²) in [6.07, 6.45) is 1.72. The molecule has 0 radical (unpaired) electrons. The molecule has 0 aromatic carbocycles. The molecule has 0 unspecified atom stereocenters. The standard InChI is InChI=1S/C12H17Br2N3O/c1-4-17(5-2)11(18)8-16(3)12-10(14)6-9(13)7-15-12/h6-7H,4-5,8H2,1-3H3. The predicted octanol–water partition coefficient (Wildman–Crippen LogP) is 2.91. The highest BCUT2D eigenvalue weighted by atomic mass is 79.9. The summed E-state index contributed by atoms with van der Waals surface area (Å²) in [4.78, 5) is 20.0. The second-order valence-electron chi connectivity index (χ2n) is 3.88. The van der Waals surface area contributed by atoms with Gasteiger partial charge in [-0.2, -0.15) is 0 Å². The number of halogens is 2. The molecule has 0 saturated heterocycles. The van der Waals surface area contributed by atoms with E-state index in [9.17, 15) is 4.79 Å². The van der Waals surface area contributed by atoms with E-state index in [1.54, 1.807) is 6.20 Å². The Balaban J connectivity index is 2.76. The second kappa shape index (κ2) is 7.09. The van der Waals surface area contributed by atoms with Gasteiger partial charge < -0.3 is 9.80 Å². The van der Waals surface area contributed by atoms with Crippen LogP contribution < -0.4 is 4.90 Å². The number of pyridine rings is 1. The normalized spacial score (nSPS) is 10.3. The van der Waals surface area contributed by atoms with E-state index in [0.29, 0.717) is 6.54 Å². The van der Waals surface area contributed by atoms with Crippen LogP contribution in [0.1, 0.15) is 13.8 Å². The van der Waals surface area contributed by atoms with Crippen LogP contribution in [0.5, 0.6) is 0 Å². The maximum Gasteiger partial charge on any atom is 0.242 e. The number of anilines is 1. The highest BCUT2D eigenvalue weighted by Crippen LogP contribution is 2.25. The smallest absolute Gasteiger partial charge is 0.242 e. The van der Waals surface area contributed by atoms with E-state index in [2.05, 4.69) is 36.8 Å². The van der Waals surface area contributed by atoms with Crippen LogP contribution in [-0.2, 0) is 4.79 Å². The third-order valence-corrected chi connectivity index (χ3v) is 3.66. The van der Waals surface area contributed by atoms with Crippen LogP contribution >= 0.6 is 31.9 Å². The van der Waals surface area contributed by atoms with Gasteiger partial charge in [-0.1, -0.05) is 0 Å². The lowest BCUT2D eigenvalue weighted by Gasteiger charge is -2.24. The van der Waals surface area contributed by atoms with Gasteiger partial charge in [0.1, 0.15) is 5.82 Å². The third kappa shape index (κ3) is 3.95. The molecule has 0 saturated carbocycles. The van der Waals surface area contributed by atoms with Gasteiger partial charge in [-0.05, 0) is 51.8 Å². The zero-order chi connectivity index (χ0) is 13.7. The van der Waals surface area contributed by atoms with Crippen LogP contribution in [-0.4, -0.2) is 42.5 Å². The maximum atomic E-state index is 12.0. The Kier molecular flexibility index (Phi) is 6.08. The van der Waals surface area contributed by atoms with Crippen LogP contribution in [0.4, 0.5) is 5.82 Å².